The second-order valence-electron chi connectivity index (χ2n) is 4.99. The van der Waals surface area contributed by atoms with Crippen molar-refractivity contribution in [1.29, 1.82) is 0 Å². The number of fused-ring (bicyclic) bond motifs is 1. The number of ether oxygens (including phenoxy) is 1. The fourth-order valence-corrected chi connectivity index (χ4v) is 2.43. The van der Waals surface area contributed by atoms with E-state index in [0.29, 0.717) is 34.4 Å². The van der Waals surface area contributed by atoms with Crippen LogP contribution in [0.4, 0.5) is 5.69 Å². The van der Waals surface area contributed by atoms with Gasteiger partial charge in [-0.05, 0) is 25.1 Å². The zero-order chi connectivity index (χ0) is 16.2. The lowest BCUT2D eigenvalue weighted by molar-refractivity contribution is 0.102. The lowest BCUT2D eigenvalue weighted by Crippen LogP contribution is -2.16. The number of hydrogen-bond acceptors (Lipinski definition) is 3. The summed E-state index contributed by atoms with van der Waals surface area (Å²) in [5, 5.41) is 3.94. The van der Waals surface area contributed by atoms with Crippen LogP contribution in [-0.2, 0) is 0 Å². The average Bonchev–Trinajstić information content (AvgIpc) is 2.56. The molecule has 5 nitrogen and oxygen atoms in total. The summed E-state index contributed by atoms with van der Waals surface area (Å²) in [4.78, 5) is 27.0. The Kier molecular flexibility index (Phi) is 4.10. The Hall–Kier alpha value is -3.08. The number of aromatic nitrogens is 1. The van der Waals surface area contributed by atoms with Crippen LogP contribution in [-0.4, -0.2) is 17.5 Å². The van der Waals surface area contributed by atoms with E-state index in [9.17, 15) is 9.59 Å². The molecule has 0 atom stereocenters. The average molecular weight is 308 g/mol. The first-order chi connectivity index (χ1) is 11.2. The highest BCUT2D eigenvalue weighted by molar-refractivity contribution is 6.12. The molecule has 0 radical (unpaired) electrons. The summed E-state index contributed by atoms with van der Waals surface area (Å²) in [6.45, 7) is 2.46. The maximum Gasteiger partial charge on any atom is 0.257 e. The standard InChI is InChI=1S/C18H16N2O3/c1-2-23-13-7-5-6-12(10-13)20-18(22)16-11-19-17(21)15-9-4-3-8-14(15)16/h3-11H,2H2,1H3,(H,19,21)(H,20,22). The van der Waals surface area contributed by atoms with Gasteiger partial charge in [-0.1, -0.05) is 24.3 Å². The highest BCUT2D eigenvalue weighted by Crippen LogP contribution is 2.20. The minimum absolute atomic E-state index is 0.213. The van der Waals surface area contributed by atoms with Crippen LogP contribution in [0.3, 0.4) is 0 Å². The van der Waals surface area contributed by atoms with Crippen LogP contribution in [0.2, 0.25) is 0 Å². The molecule has 0 aliphatic carbocycles. The van der Waals surface area contributed by atoms with Crippen molar-refractivity contribution < 1.29 is 9.53 Å². The molecule has 0 spiro atoms. The van der Waals surface area contributed by atoms with E-state index in [-0.39, 0.29) is 11.5 Å². The van der Waals surface area contributed by atoms with Crippen molar-refractivity contribution in [3.63, 3.8) is 0 Å². The number of benzene rings is 2. The molecule has 5 heteroatoms. The molecule has 3 aromatic rings. The number of hydrogen-bond donors (Lipinski definition) is 2. The number of anilines is 1. The van der Waals surface area contributed by atoms with Crippen LogP contribution in [0.25, 0.3) is 10.8 Å². The number of aromatic amines is 1. The summed E-state index contributed by atoms with van der Waals surface area (Å²) in [6.07, 6.45) is 1.44. The molecule has 0 saturated carbocycles. The van der Waals surface area contributed by atoms with Crippen molar-refractivity contribution in [1.82, 2.24) is 4.98 Å². The lowest BCUT2D eigenvalue weighted by Gasteiger charge is -2.09. The summed E-state index contributed by atoms with van der Waals surface area (Å²) in [6, 6.07) is 14.2. The monoisotopic (exact) mass is 308 g/mol. The van der Waals surface area contributed by atoms with E-state index in [2.05, 4.69) is 10.3 Å². The van der Waals surface area contributed by atoms with Crippen LogP contribution in [0.1, 0.15) is 17.3 Å². The van der Waals surface area contributed by atoms with Crippen LogP contribution in [0.15, 0.2) is 59.5 Å². The molecule has 3 rings (SSSR count). The van der Waals surface area contributed by atoms with E-state index in [1.54, 1.807) is 36.4 Å². The fraction of sp³-hybridized carbons (Fsp3) is 0.111. The van der Waals surface area contributed by atoms with Gasteiger partial charge >= 0.3 is 0 Å². The predicted octanol–water partition coefficient (Wildman–Crippen LogP) is 3.18. The molecule has 0 fully saturated rings. The van der Waals surface area contributed by atoms with E-state index in [0.717, 1.165) is 0 Å². The van der Waals surface area contributed by atoms with Crippen LogP contribution in [0.5, 0.6) is 5.75 Å². The molecule has 0 aliphatic heterocycles. The van der Waals surface area contributed by atoms with E-state index < -0.39 is 0 Å². The van der Waals surface area contributed by atoms with Gasteiger partial charge in [0, 0.05) is 28.7 Å². The number of amides is 1. The zero-order valence-corrected chi connectivity index (χ0v) is 12.6. The maximum atomic E-state index is 12.5. The summed E-state index contributed by atoms with van der Waals surface area (Å²) in [7, 11) is 0. The highest BCUT2D eigenvalue weighted by atomic mass is 16.5. The second-order valence-corrected chi connectivity index (χ2v) is 4.99. The Balaban J connectivity index is 1.94. The predicted molar refractivity (Wildman–Crippen MR) is 90.1 cm³/mol. The van der Waals surface area contributed by atoms with Crippen molar-refractivity contribution in [2.75, 3.05) is 11.9 Å². The number of H-pyrrole nitrogens is 1. The normalized spacial score (nSPS) is 10.5. The van der Waals surface area contributed by atoms with Crippen molar-refractivity contribution >= 4 is 22.4 Å². The smallest absolute Gasteiger partial charge is 0.257 e. The van der Waals surface area contributed by atoms with Gasteiger partial charge < -0.3 is 15.0 Å². The summed E-state index contributed by atoms with van der Waals surface area (Å²) in [5.74, 6) is 0.405. The maximum absolute atomic E-state index is 12.5. The van der Waals surface area contributed by atoms with Gasteiger partial charge in [-0.25, -0.2) is 0 Å². The van der Waals surface area contributed by atoms with Crippen LogP contribution >= 0.6 is 0 Å². The molecule has 1 aromatic heterocycles. The number of nitrogens with one attached hydrogen (secondary N) is 2. The van der Waals surface area contributed by atoms with Crippen molar-refractivity contribution in [3.05, 3.63) is 70.6 Å². The van der Waals surface area contributed by atoms with Crippen molar-refractivity contribution in [2.24, 2.45) is 0 Å². The first-order valence-corrected chi connectivity index (χ1v) is 7.33. The Morgan fingerprint density at radius 3 is 2.70 bits per heavy atom. The highest BCUT2D eigenvalue weighted by Gasteiger charge is 2.12. The Morgan fingerprint density at radius 1 is 1.13 bits per heavy atom. The molecule has 0 saturated heterocycles. The van der Waals surface area contributed by atoms with Gasteiger partial charge in [0.1, 0.15) is 5.75 Å². The van der Waals surface area contributed by atoms with Crippen molar-refractivity contribution in [3.8, 4) is 5.75 Å². The minimum atomic E-state index is -0.286. The van der Waals surface area contributed by atoms with E-state index in [1.807, 2.05) is 19.1 Å². The molecule has 116 valence electrons. The quantitative estimate of drug-likeness (QED) is 0.777. The topological polar surface area (TPSA) is 71.2 Å². The number of carbonyl (C=O) groups is 1. The number of carbonyl (C=O) groups excluding carboxylic acids is 1. The first kappa shape index (κ1) is 14.8. The SMILES string of the molecule is CCOc1cccc(NC(=O)c2c[nH]c(=O)c3ccccc23)c1. The first-order valence-electron chi connectivity index (χ1n) is 7.33. The molecule has 0 unspecified atom stereocenters. The lowest BCUT2D eigenvalue weighted by atomic mass is 10.1. The third-order valence-electron chi connectivity index (χ3n) is 3.46. The molecule has 2 aromatic carbocycles. The van der Waals surface area contributed by atoms with Gasteiger partial charge in [0.25, 0.3) is 11.5 Å². The molecule has 0 aliphatic rings. The third kappa shape index (κ3) is 3.08. The summed E-state index contributed by atoms with van der Waals surface area (Å²) in [5.41, 5.74) is 0.841. The van der Waals surface area contributed by atoms with Gasteiger partial charge in [0.2, 0.25) is 0 Å². The molecule has 23 heavy (non-hydrogen) atoms. The third-order valence-corrected chi connectivity index (χ3v) is 3.46. The van der Waals surface area contributed by atoms with E-state index in [1.165, 1.54) is 6.20 Å². The van der Waals surface area contributed by atoms with Gasteiger partial charge in [-0.3, -0.25) is 9.59 Å². The largest absolute Gasteiger partial charge is 0.494 e. The molecule has 1 amide bonds. The molecular weight excluding hydrogens is 292 g/mol. The Labute approximate surface area is 132 Å². The van der Waals surface area contributed by atoms with Crippen molar-refractivity contribution in [2.45, 2.75) is 6.92 Å². The minimum Gasteiger partial charge on any atom is -0.494 e. The van der Waals surface area contributed by atoms with E-state index >= 15 is 0 Å². The van der Waals surface area contributed by atoms with Gasteiger partial charge in [-0.2, -0.15) is 0 Å². The van der Waals surface area contributed by atoms with Gasteiger partial charge in [-0.15, -0.1) is 0 Å². The number of pyridine rings is 1. The van der Waals surface area contributed by atoms with E-state index in [4.69, 9.17) is 4.74 Å². The zero-order valence-electron chi connectivity index (χ0n) is 12.6. The molecule has 1 heterocycles. The molecule has 2 N–H and O–H groups in total. The fourth-order valence-electron chi connectivity index (χ4n) is 2.43. The van der Waals surface area contributed by atoms with Gasteiger partial charge in [0.15, 0.2) is 0 Å². The summed E-state index contributed by atoms with van der Waals surface area (Å²) < 4.78 is 5.42. The number of rotatable bonds is 4. The second kappa shape index (κ2) is 6.36. The van der Waals surface area contributed by atoms with Crippen LogP contribution in [0, 0.1) is 0 Å². The molecular formula is C18H16N2O3. The molecule has 0 bridgehead atoms. The van der Waals surface area contributed by atoms with Gasteiger partial charge in [0.05, 0.1) is 12.2 Å². The Bertz CT molecular complexity index is 915. The van der Waals surface area contributed by atoms with Crippen LogP contribution < -0.4 is 15.6 Å². The summed E-state index contributed by atoms with van der Waals surface area (Å²) >= 11 is 0. The Morgan fingerprint density at radius 2 is 1.91 bits per heavy atom.